The number of hydrogen-bond acceptors (Lipinski definition) is 4. The Labute approximate surface area is 146 Å². The van der Waals surface area contributed by atoms with E-state index < -0.39 is 0 Å². The summed E-state index contributed by atoms with van der Waals surface area (Å²) in [5.41, 5.74) is 1.72. The lowest BCUT2D eigenvalue weighted by molar-refractivity contribution is -0.120. The second-order valence-corrected chi connectivity index (χ2v) is 5.55. The molecule has 2 rings (SSSR count). The van der Waals surface area contributed by atoms with E-state index >= 15 is 0 Å². The zero-order valence-electron chi connectivity index (χ0n) is 13.9. The minimum atomic E-state index is -0.107. The van der Waals surface area contributed by atoms with Crippen molar-refractivity contribution in [1.29, 1.82) is 0 Å². The number of carbonyl (C=O) groups is 1. The highest BCUT2D eigenvalue weighted by Gasteiger charge is 2.14. The Bertz CT molecular complexity index is 693. The SMILES string of the molecule is COc1cc(CC(=O)NCc2cccc(Cl)c2)cc(OC)c1OC. The zero-order chi connectivity index (χ0) is 17.5. The molecule has 1 N–H and O–H groups in total. The summed E-state index contributed by atoms with van der Waals surface area (Å²) in [6.45, 7) is 0.420. The van der Waals surface area contributed by atoms with Gasteiger partial charge in [0.2, 0.25) is 11.7 Å². The second kappa shape index (κ2) is 8.45. The third-order valence-electron chi connectivity index (χ3n) is 3.47. The van der Waals surface area contributed by atoms with Crippen LogP contribution in [0, 0.1) is 0 Å². The van der Waals surface area contributed by atoms with Crippen molar-refractivity contribution >= 4 is 17.5 Å². The van der Waals surface area contributed by atoms with Crippen molar-refractivity contribution < 1.29 is 19.0 Å². The molecule has 0 radical (unpaired) electrons. The summed E-state index contributed by atoms with van der Waals surface area (Å²) in [5.74, 6) is 1.44. The van der Waals surface area contributed by atoms with Gasteiger partial charge in [-0.3, -0.25) is 4.79 Å². The Morgan fingerprint density at radius 2 is 1.67 bits per heavy atom. The largest absolute Gasteiger partial charge is 0.493 e. The van der Waals surface area contributed by atoms with Crippen LogP contribution in [0.15, 0.2) is 36.4 Å². The van der Waals surface area contributed by atoms with E-state index in [1.807, 2.05) is 18.2 Å². The lowest BCUT2D eigenvalue weighted by atomic mass is 10.1. The molecule has 0 fully saturated rings. The van der Waals surface area contributed by atoms with Gasteiger partial charge in [-0.1, -0.05) is 23.7 Å². The standard InChI is InChI=1S/C18H20ClNO4/c1-22-15-8-13(9-16(23-2)18(15)24-3)10-17(21)20-11-12-5-4-6-14(19)7-12/h4-9H,10-11H2,1-3H3,(H,20,21). The van der Waals surface area contributed by atoms with Crippen molar-refractivity contribution in [1.82, 2.24) is 5.32 Å². The smallest absolute Gasteiger partial charge is 0.224 e. The average molecular weight is 350 g/mol. The van der Waals surface area contributed by atoms with Gasteiger partial charge >= 0.3 is 0 Å². The maximum atomic E-state index is 12.2. The first kappa shape index (κ1) is 17.9. The zero-order valence-corrected chi connectivity index (χ0v) is 14.6. The van der Waals surface area contributed by atoms with Gasteiger partial charge in [0.25, 0.3) is 0 Å². The van der Waals surface area contributed by atoms with E-state index in [0.717, 1.165) is 11.1 Å². The van der Waals surface area contributed by atoms with Gasteiger partial charge < -0.3 is 19.5 Å². The highest BCUT2D eigenvalue weighted by Crippen LogP contribution is 2.38. The Hall–Kier alpha value is -2.40. The normalized spacial score (nSPS) is 10.2. The summed E-state index contributed by atoms with van der Waals surface area (Å²) in [5, 5.41) is 3.51. The molecule has 0 aliphatic carbocycles. The maximum absolute atomic E-state index is 12.2. The van der Waals surface area contributed by atoms with Crippen LogP contribution in [-0.4, -0.2) is 27.2 Å². The molecule has 0 saturated carbocycles. The first-order chi connectivity index (χ1) is 11.6. The molecule has 0 unspecified atom stereocenters. The number of benzene rings is 2. The fourth-order valence-electron chi connectivity index (χ4n) is 2.33. The monoisotopic (exact) mass is 349 g/mol. The van der Waals surface area contributed by atoms with Crippen LogP contribution in [0.25, 0.3) is 0 Å². The first-order valence-corrected chi connectivity index (χ1v) is 7.75. The fraction of sp³-hybridized carbons (Fsp3) is 0.278. The van der Waals surface area contributed by atoms with E-state index in [2.05, 4.69) is 5.32 Å². The number of carbonyl (C=O) groups excluding carboxylic acids is 1. The van der Waals surface area contributed by atoms with Gasteiger partial charge in [0.1, 0.15) is 0 Å². The highest BCUT2D eigenvalue weighted by atomic mass is 35.5. The number of nitrogens with one attached hydrogen (secondary N) is 1. The van der Waals surface area contributed by atoms with E-state index in [0.29, 0.717) is 28.8 Å². The molecule has 1 amide bonds. The molecule has 0 aliphatic heterocycles. The van der Waals surface area contributed by atoms with Crippen molar-refractivity contribution in [3.8, 4) is 17.2 Å². The predicted molar refractivity (Wildman–Crippen MR) is 93.1 cm³/mol. The molecule has 0 spiro atoms. The number of rotatable bonds is 7. The Balaban J connectivity index is 2.05. The van der Waals surface area contributed by atoms with E-state index in [9.17, 15) is 4.79 Å². The van der Waals surface area contributed by atoms with E-state index in [1.54, 1.807) is 32.4 Å². The number of methoxy groups -OCH3 is 3. The van der Waals surface area contributed by atoms with Gasteiger partial charge in [0.05, 0.1) is 27.8 Å². The van der Waals surface area contributed by atoms with Gasteiger partial charge in [-0.05, 0) is 35.4 Å². The Kier molecular flexibility index (Phi) is 6.32. The van der Waals surface area contributed by atoms with Crippen molar-refractivity contribution in [2.75, 3.05) is 21.3 Å². The molecule has 2 aromatic rings. The minimum Gasteiger partial charge on any atom is -0.493 e. The molecule has 0 bridgehead atoms. The third kappa shape index (κ3) is 4.55. The molecule has 2 aromatic carbocycles. The van der Waals surface area contributed by atoms with Crippen LogP contribution in [0.1, 0.15) is 11.1 Å². The fourth-order valence-corrected chi connectivity index (χ4v) is 2.55. The first-order valence-electron chi connectivity index (χ1n) is 7.37. The number of hydrogen-bond donors (Lipinski definition) is 1. The van der Waals surface area contributed by atoms with Gasteiger partial charge in [0, 0.05) is 11.6 Å². The quantitative estimate of drug-likeness (QED) is 0.833. The number of halogens is 1. The van der Waals surface area contributed by atoms with E-state index in [1.165, 1.54) is 7.11 Å². The summed E-state index contributed by atoms with van der Waals surface area (Å²) in [4.78, 5) is 12.2. The molecular formula is C18H20ClNO4. The van der Waals surface area contributed by atoms with Crippen molar-refractivity contribution in [2.24, 2.45) is 0 Å². The molecule has 6 heteroatoms. The lowest BCUT2D eigenvalue weighted by Gasteiger charge is -2.14. The van der Waals surface area contributed by atoms with Crippen LogP contribution in [0.4, 0.5) is 0 Å². The van der Waals surface area contributed by atoms with E-state index in [-0.39, 0.29) is 12.3 Å². The molecule has 128 valence electrons. The molecule has 0 heterocycles. The summed E-state index contributed by atoms with van der Waals surface area (Å²) in [6.07, 6.45) is 0.206. The maximum Gasteiger partial charge on any atom is 0.224 e. The Morgan fingerprint density at radius 3 is 2.21 bits per heavy atom. The molecule has 24 heavy (non-hydrogen) atoms. The topological polar surface area (TPSA) is 56.8 Å². The summed E-state index contributed by atoms with van der Waals surface area (Å²) in [6, 6.07) is 10.9. The van der Waals surface area contributed by atoms with Crippen molar-refractivity contribution in [3.05, 3.63) is 52.5 Å². The van der Waals surface area contributed by atoms with Gasteiger partial charge in [-0.2, -0.15) is 0 Å². The Morgan fingerprint density at radius 1 is 1.00 bits per heavy atom. The van der Waals surface area contributed by atoms with Crippen LogP contribution in [0.3, 0.4) is 0 Å². The van der Waals surface area contributed by atoms with Crippen molar-refractivity contribution in [3.63, 3.8) is 0 Å². The molecule has 5 nitrogen and oxygen atoms in total. The molecule has 0 aromatic heterocycles. The lowest BCUT2D eigenvalue weighted by Crippen LogP contribution is -2.24. The number of amides is 1. The van der Waals surface area contributed by atoms with Crippen LogP contribution in [-0.2, 0) is 17.8 Å². The van der Waals surface area contributed by atoms with Crippen molar-refractivity contribution in [2.45, 2.75) is 13.0 Å². The molecule has 0 aliphatic rings. The highest BCUT2D eigenvalue weighted by molar-refractivity contribution is 6.30. The van der Waals surface area contributed by atoms with Gasteiger partial charge in [-0.25, -0.2) is 0 Å². The molecule has 0 atom stereocenters. The summed E-state index contributed by atoms with van der Waals surface area (Å²) >= 11 is 5.93. The number of ether oxygens (including phenoxy) is 3. The van der Waals surface area contributed by atoms with Gasteiger partial charge in [0.15, 0.2) is 11.5 Å². The van der Waals surface area contributed by atoms with Crippen LogP contribution >= 0.6 is 11.6 Å². The minimum absolute atomic E-state index is 0.107. The van der Waals surface area contributed by atoms with Crippen LogP contribution < -0.4 is 19.5 Å². The molecular weight excluding hydrogens is 330 g/mol. The second-order valence-electron chi connectivity index (χ2n) is 5.12. The average Bonchev–Trinajstić information content (AvgIpc) is 2.59. The van der Waals surface area contributed by atoms with Crippen LogP contribution in [0.2, 0.25) is 5.02 Å². The molecule has 0 saturated heterocycles. The van der Waals surface area contributed by atoms with Gasteiger partial charge in [-0.15, -0.1) is 0 Å². The third-order valence-corrected chi connectivity index (χ3v) is 3.70. The predicted octanol–water partition coefficient (Wildman–Crippen LogP) is 3.22. The summed E-state index contributed by atoms with van der Waals surface area (Å²) in [7, 11) is 4.62. The van der Waals surface area contributed by atoms with Crippen LogP contribution in [0.5, 0.6) is 17.2 Å². The summed E-state index contributed by atoms with van der Waals surface area (Å²) < 4.78 is 15.9. The van der Waals surface area contributed by atoms with E-state index in [4.69, 9.17) is 25.8 Å².